The molecule has 0 saturated carbocycles. The molecule has 7 nitrogen and oxygen atoms in total. The van der Waals surface area contributed by atoms with Crippen LogP contribution in [0.25, 0.3) is 0 Å². The third-order valence-electron chi connectivity index (χ3n) is 3.17. The third kappa shape index (κ3) is 3.94. The summed E-state index contributed by atoms with van der Waals surface area (Å²) in [5.74, 6) is -1.41. The maximum atomic E-state index is 13.3. The zero-order chi connectivity index (χ0) is 16.3. The van der Waals surface area contributed by atoms with E-state index in [1.54, 1.807) is 0 Å². The zero-order valence-electron chi connectivity index (χ0n) is 12.0. The van der Waals surface area contributed by atoms with Crippen molar-refractivity contribution in [2.45, 2.75) is 0 Å². The Balaban J connectivity index is 2.21. The van der Waals surface area contributed by atoms with E-state index >= 15 is 0 Å². The first kappa shape index (κ1) is 16.2. The number of carbonyl (C=O) groups is 2. The molecule has 1 heterocycles. The van der Waals surface area contributed by atoms with Crippen molar-refractivity contribution in [3.8, 4) is 0 Å². The van der Waals surface area contributed by atoms with E-state index < -0.39 is 28.3 Å². The van der Waals surface area contributed by atoms with Gasteiger partial charge in [-0.2, -0.15) is 0 Å². The van der Waals surface area contributed by atoms with Gasteiger partial charge in [-0.05, 0) is 18.2 Å². The van der Waals surface area contributed by atoms with E-state index in [2.05, 4.69) is 5.32 Å². The Hall–Kier alpha value is -2.16. The average molecular weight is 329 g/mol. The molecule has 1 fully saturated rings. The lowest BCUT2D eigenvalue weighted by molar-refractivity contribution is -0.137. The molecule has 0 unspecified atom stereocenters. The van der Waals surface area contributed by atoms with Crippen LogP contribution in [0.3, 0.4) is 0 Å². The minimum Gasteiger partial charge on any atom is -0.353 e. The van der Waals surface area contributed by atoms with Crippen LogP contribution in [-0.4, -0.2) is 57.6 Å². The smallest absolute Gasteiger partial charge is 0.243 e. The number of amides is 2. The van der Waals surface area contributed by atoms with Gasteiger partial charge in [0.25, 0.3) is 0 Å². The summed E-state index contributed by atoms with van der Waals surface area (Å²) in [6.45, 7) is 0.0455. The number of hydrogen-bond donors (Lipinski definition) is 1. The largest absolute Gasteiger partial charge is 0.353 e. The lowest BCUT2D eigenvalue weighted by Gasteiger charge is -2.29. The van der Waals surface area contributed by atoms with Crippen LogP contribution in [0.5, 0.6) is 0 Å². The fourth-order valence-corrected chi connectivity index (χ4v) is 2.95. The summed E-state index contributed by atoms with van der Waals surface area (Å²) in [6.07, 6.45) is 0.939. The van der Waals surface area contributed by atoms with Gasteiger partial charge in [-0.3, -0.25) is 13.9 Å². The Morgan fingerprint density at radius 2 is 2.18 bits per heavy atom. The highest BCUT2D eigenvalue weighted by atomic mass is 32.2. The Morgan fingerprint density at radius 3 is 2.77 bits per heavy atom. The number of nitrogens with zero attached hydrogens (tertiary/aromatic N) is 2. The predicted molar refractivity (Wildman–Crippen MR) is 78.2 cm³/mol. The van der Waals surface area contributed by atoms with Crippen molar-refractivity contribution in [3.05, 3.63) is 30.1 Å². The zero-order valence-corrected chi connectivity index (χ0v) is 12.8. The minimum atomic E-state index is -3.76. The van der Waals surface area contributed by atoms with E-state index in [-0.39, 0.29) is 18.1 Å². The van der Waals surface area contributed by atoms with Gasteiger partial charge < -0.3 is 10.2 Å². The van der Waals surface area contributed by atoms with Crippen molar-refractivity contribution < 1.29 is 22.4 Å². The van der Waals surface area contributed by atoms with Gasteiger partial charge in [-0.15, -0.1) is 0 Å². The van der Waals surface area contributed by atoms with Crippen molar-refractivity contribution >= 4 is 27.5 Å². The number of hydrogen-bond acceptors (Lipinski definition) is 4. The van der Waals surface area contributed by atoms with E-state index in [0.717, 1.165) is 16.6 Å². The number of nitrogens with one attached hydrogen (secondary N) is 1. The lowest BCUT2D eigenvalue weighted by atomic mass is 10.3. The molecule has 0 aromatic heterocycles. The van der Waals surface area contributed by atoms with Gasteiger partial charge in [0.1, 0.15) is 12.4 Å². The van der Waals surface area contributed by atoms with E-state index in [1.165, 1.54) is 23.1 Å². The summed E-state index contributed by atoms with van der Waals surface area (Å²) in [4.78, 5) is 24.8. The summed E-state index contributed by atoms with van der Waals surface area (Å²) in [5.41, 5.74) is 0.0670. The maximum Gasteiger partial charge on any atom is 0.243 e. The fraction of sp³-hybridized carbons (Fsp3) is 0.385. The van der Waals surface area contributed by atoms with Gasteiger partial charge in [0.05, 0.1) is 18.5 Å². The second-order valence-electron chi connectivity index (χ2n) is 4.91. The molecule has 1 saturated heterocycles. The number of benzene rings is 1. The highest BCUT2D eigenvalue weighted by molar-refractivity contribution is 7.92. The second kappa shape index (κ2) is 6.30. The van der Waals surface area contributed by atoms with Gasteiger partial charge in [-0.25, -0.2) is 12.8 Å². The van der Waals surface area contributed by atoms with Crippen LogP contribution in [0.2, 0.25) is 0 Å². The van der Waals surface area contributed by atoms with Crippen LogP contribution >= 0.6 is 0 Å². The van der Waals surface area contributed by atoms with Gasteiger partial charge in [-0.1, -0.05) is 6.07 Å². The molecule has 1 aliphatic rings. The van der Waals surface area contributed by atoms with E-state index in [9.17, 15) is 22.4 Å². The Labute approximate surface area is 127 Å². The van der Waals surface area contributed by atoms with Gasteiger partial charge in [0, 0.05) is 13.1 Å². The quantitative estimate of drug-likeness (QED) is 0.811. The molecule has 2 rings (SSSR count). The molecule has 2 amide bonds. The number of carbonyl (C=O) groups excluding carboxylic acids is 2. The summed E-state index contributed by atoms with van der Waals surface area (Å²) < 4.78 is 37.9. The molecule has 0 bridgehead atoms. The van der Waals surface area contributed by atoms with Crippen molar-refractivity contribution in [3.63, 3.8) is 0 Å². The number of sulfonamides is 1. The maximum absolute atomic E-state index is 13.3. The molecule has 0 atom stereocenters. The Bertz CT molecular complexity index is 692. The van der Waals surface area contributed by atoms with E-state index in [0.29, 0.717) is 13.1 Å². The SMILES string of the molecule is CS(=O)(=O)N(CC(=O)N1CCNC(=O)C1)c1cccc(F)c1. The van der Waals surface area contributed by atoms with Gasteiger partial charge in [0.15, 0.2) is 0 Å². The summed E-state index contributed by atoms with van der Waals surface area (Å²) in [6, 6.07) is 4.99. The van der Waals surface area contributed by atoms with Crippen LogP contribution in [0.4, 0.5) is 10.1 Å². The molecule has 1 N–H and O–H groups in total. The average Bonchev–Trinajstić information content (AvgIpc) is 2.43. The minimum absolute atomic E-state index is 0.0670. The lowest BCUT2D eigenvalue weighted by Crippen LogP contribution is -2.52. The van der Waals surface area contributed by atoms with E-state index in [1.807, 2.05) is 0 Å². The number of rotatable bonds is 4. The molecule has 22 heavy (non-hydrogen) atoms. The number of piperazine rings is 1. The standard InChI is InChI=1S/C13H16FN3O4S/c1-22(20,21)17(11-4-2-3-10(14)7-11)9-13(19)16-6-5-15-12(18)8-16/h2-4,7H,5-6,8-9H2,1H3,(H,15,18). The first-order valence-electron chi connectivity index (χ1n) is 6.55. The van der Waals surface area contributed by atoms with Gasteiger partial charge >= 0.3 is 0 Å². The fourth-order valence-electron chi connectivity index (χ4n) is 2.11. The molecule has 0 spiro atoms. The van der Waals surface area contributed by atoms with Crippen LogP contribution < -0.4 is 9.62 Å². The normalized spacial score (nSPS) is 15.4. The third-order valence-corrected chi connectivity index (χ3v) is 4.31. The van der Waals surface area contributed by atoms with Crippen molar-refractivity contribution in [1.29, 1.82) is 0 Å². The van der Waals surface area contributed by atoms with Crippen LogP contribution in [0.15, 0.2) is 24.3 Å². The number of halogens is 1. The monoisotopic (exact) mass is 329 g/mol. The van der Waals surface area contributed by atoms with Crippen LogP contribution in [0.1, 0.15) is 0 Å². The molecule has 120 valence electrons. The Morgan fingerprint density at radius 1 is 1.45 bits per heavy atom. The molecule has 1 aromatic rings. The van der Waals surface area contributed by atoms with Crippen molar-refractivity contribution in [2.75, 3.05) is 36.7 Å². The first-order chi connectivity index (χ1) is 10.3. The molecule has 1 aromatic carbocycles. The molecular formula is C13H16FN3O4S. The topological polar surface area (TPSA) is 86.8 Å². The highest BCUT2D eigenvalue weighted by Crippen LogP contribution is 2.18. The number of anilines is 1. The second-order valence-corrected chi connectivity index (χ2v) is 6.82. The summed E-state index contributed by atoms with van der Waals surface area (Å²) >= 11 is 0. The first-order valence-corrected chi connectivity index (χ1v) is 8.40. The summed E-state index contributed by atoms with van der Waals surface area (Å²) in [7, 11) is -3.76. The molecule has 1 aliphatic heterocycles. The Kier molecular flexibility index (Phi) is 4.65. The van der Waals surface area contributed by atoms with Crippen molar-refractivity contribution in [1.82, 2.24) is 10.2 Å². The van der Waals surface area contributed by atoms with Crippen LogP contribution in [-0.2, 0) is 19.6 Å². The molecular weight excluding hydrogens is 313 g/mol. The molecule has 0 radical (unpaired) electrons. The highest BCUT2D eigenvalue weighted by Gasteiger charge is 2.26. The predicted octanol–water partition coefficient (Wildman–Crippen LogP) is -0.450. The van der Waals surface area contributed by atoms with Crippen LogP contribution in [0, 0.1) is 5.82 Å². The van der Waals surface area contributed by atoms with Gasteiger partial charge in [0.2, 0.25) is 21.8 Å². The molecule has 9 heteroatoms. The van der Waals surface area contributed by atoms with Crippen molar-refractivity contribution in [2.24, 2.45) is 0 Å². The summed E-state index contributed by atoms with van der Waals surface area (Å²) in [5, 5.41) is 2.58. The molecule has 0 aliphatic carbocycles. The van der Waals surface area contributed by atoms with E-state index in [4.69, 9.17) is 0 Å².